The number of nitrogens with zero attached hydrogens (tertiary/aromatic N) is 1. The number of likely N-dealkylation sites (tertiary alicyclic amines) is 1. The summed E-state index contributed by atoms with van der Waals surface area (Å²) in [6, 6.07) is 7.63. The molecule has 1 aromatic carbocycles. The first-order valence-corrected chi connectivity index (χ1v) is 8.52. The Hall–Kier alpha value is -1.26. The molecule has 0 unspecified atom stereocenters. The summed E-state index contributed by atoms with van der Waals surface area (Å²) in [7, 11) is 0. The summed E-state index contributed by atoms with van der Waals surface area (Å²) in [6.07, 6.45) is 5.43. The van der Waals surface area contributed by atoms with Crippen LogP contribution in [0.5, 0.6) is 0 Å². The van der Waals surface area contributed by atoms with Gasteiger partial charge < -0.3 is 0 Å². The number of benzene rings is 1. The third-order valence-electron chi connectivity index (χ3n) is 4.00. The zero-order valence-electron chi connectivity index (χ0n) is 11.5. The second-order valence-corrected chi connectivity index (χ2v) is 6.76. The van der Waals surface area contributed by atoms with Crippen molar-refractivity contribution in [2.75, 3.05) is 5.88 Å². The second-order valence-electron chi connectivity index (χ2n) is 5.36. The molecule has 1 fully saturated rings. The third-order valence-corrected chi connectivity index (χ3v) is 5.23. The number of halogens is 1. The van der Waals surface area contributed by atoms with E-state index >= 15 is 0 Å². The molecule has 0 radical (unpaired) electrons. The number of amides is 2. The highest BCUT2D eigenvalue weighted by molar-refractivity contribution is 7.98. The van der Waals surface area contributed by atoms with E-state index in [0.717, 1.165) is 11.3 Å². The van der Waals surface area contributed by atoms with Crippen molar-refractivity contribution in [3.63, 3.8) is 0 Å². The molecule has 2 amide bonds. The van der Waals surface area contributed by atoms with Gasteiger partial charge in [-0.1, -0.05) is 35.9 Å². The van der Waals surface area contributed by atoms with Crippen molar-refractivity contribution in [3.05, 3.63) is 47.0 Å². The minimum Gasteiger partial charge on any atom is -0.274 e. The van der Waals surface area contributed by atoms with Crippen LogP contribution in [0.3, 0.4) is 0 Å². The second kappa shape index (κ2) is 6.24. The van der Waals surface area contributed by atoms with E-state index in [0.29, 0.717) is 23.7 Å². The lowest BCUT2D eigenvalue weighted by molar-refractivity contribution is -0.138. The summed E-state index contributed by atoms with van der Waals surface area (Å²) in [4.78, 5) is 26.0. The molecular formula is C16H16ClNO2S. The normalized spacial score (nSPS) is 24.5. The van der Waals surface area contributed by atoms with Crippen LogP contribution in [0.25, 0.3) is 0 Å². The van der Waals surface area contributed by atoms with Gasteiger partial charge in [0, 0.05) is 10.8 Å². The Balaban J connectivity index is 1.57. The van der Waals surface area contributed by atoms with Crippen molar-refractivity contribution in [1.29, 1.82) is 0 Å². The van der Waals surface area contributed by atoms with Crippen LogP contribution in [-0.4, -0.2) is 22.6 Å². The smallest absolute Gasteiger partial charge is 0.234 e. The number of hydrogen-bond donors (Lipinski definition) is 0. The van der Waals surface area contributed by atoms with E-state index in [1.165, 1.54) is 4.90 Å². The van der Waals surface area contributed by atoms with Gasteiger partial charge in [0.15, 0.2) is 0 Å². The Morgan fingerprint density at radius 1 is 1.05 bits per heavy atom. The van der Waals surface area contributed by atoms with Crippen molar-refractivity contribution < 1.29 is 9.59 Å². The first kappa shape index (κ1) is 14.7. The molecule has 2 atom stereocenters. The van der Waals surface area contributed by atoms with Gasteiger partial charge in [0.25, 0.3) is 0 Å². The van der Waals surface area contributed by atoms with Crippen LogP contribution in [0.15, 0.2) is 36.4 Å². The van der Waals surface area contributed by atoms with Crippen molar-refractivity contribution in [2.45, 2.75) is 18.6 Å². The fraction of sp³-hybridized carbons (Fsp3) is 0.375. The number of carbonyl (C=O) groups is 2. The van der Waals surface area contributed by atoms with Gasteiger partial charge in [-0.25, -0.2) is 0 Å². The summed E-state index contributed by atoms with van der Waals surface area (Å²) >= 11 is 7.43. The standard InChI is InChI=1S/C16H16ClNO2S/c17-12-7-5-11(6-8-12)9-21-10-18-15(19)13-3-1-2-4-14(13)16(18)20/h1-2,5-8,13-14H,3-4,9-10H2/t13-,14-/m0/s1. The molecule has 0 saturated carbocycles. The van der Waals surface area contributed by atoms with Crippen LogP contribution in [0.2, 0.25) is 5.02 Å². The zero-order chi connectivity index (χ0) is 14.8. The Bertz CT molecular complexity index is 558. The molecule has 0 aromatic heterocycles. The molecule has 0 bridgehead atoms. The minimum absolute atomic E-state index is 0.00189. The summed E-state index contributed by atoms with van der Waals surface area (Å²) in [5.41, 5.74) is 1.14. The molecule has 0 spiro atoms. The minimum atomic E-state index is -0.126. The van der Waals surface area contributed by atoms with Crippen LogP contribution in [0, 0.1) is 11.8 Å². The molecule has 1 aliphatic carbocycles. The Labute approximate surface area is 133 Å². The average Bonchev–Trinajstić information content (AvgIpc) is 2.75. The number of allylic oxidation sites excluding steroid dienone is 2. The van der Waals surface area contributed by atoms with Crippen LogP contribution in [0.4, 0.5) is 0 Å². The number of fused-ring (bicyclic) bond motifs is 1. The summed E-state index contributed by atoms with van der Waals surface area (Å²) in [6.45, 7) is 0. The van der Waals surface area contributed by atoms with E-state index in [9.17, 15) is 9.59 Å². The van der Waals surface area contributed by atoms with E-state index in [2.05, 4.69) is 0 Å². The Morgan fingerprint density at radius 2 is 1.62 bits per heavy atom. The van der Waals surface area contributed by atoms with Crippen LogP contribution in [-0.2, 0) is 15.3 Å². The Kier molecular flexibility index (Phi) is 4.36. The van der Waals surface area contributed by atoms with Crippen molar-refractivity contribution >= 4 is 35.2 Å². The topological polar surface area (TPSA) is 37.4 Å². The monoisotopic (exact) mass is 321 g/mol. The molecular weight excluding hydrogens is 306 g/mol. The van der Waals surface area contributed by atoms with Gasteiger partial charge in [-0.05, 0) is 30.5 Å². The lowest BCUT2D eigenvalue weighted by Crippen LogP contribution is -2.30. The van der Waals surface area contributed by atoms with Crippen LogP contribution >= 0.6 is 23.4 Å². The maximum atomic E-state index is 12.3. The van der Waals surface area contributed by atoms with Crippen molar-refractivity contribution in [1.82, 2.24) is 4.90 Å². The summed E-state index contributed by atoms with van der Waals surface area (Å²) in [5.74, 6) is 0.947. The molecule has 5 heteroatoms. The van der Waals surface area contributed by atoms with E-state index in [4.69, 9.17) is 11.6 Å². The van der Waals surface area contributed by atoms with Gasteiger partial charge in [-0.15, -0.1) is 11.8 Å². The van der Waals surface area contributed by atoms with Gasteiger partial charge in [-0.2, -0.15) is 0 Å². The van der Waals surface area contributed by atoms with Crippen molar-refractivity contribution in [3.8, 4) is 0 Å². The molecule has 3 rings (SSSR count). The van der Waals surface area contributed by atoms with E-state index in [1.54, 1.807) is 11.8 Å². The van der Waals surface area contributed by atoms with Crippen LogP contribution in [0.1, 0.15) is 18.4 Å². The number of thioether (sulfide) groups is 1. The average molecular weight is 322 g/mol. The van der Waals surface area contributed by atoms with Crippen molar-refractivity contribution in [2.24, 2.45) is 11.8 Å². The molecule has 2 aliphatic rings. The molecule has 110 valence electrons. The molecule has 1 heterocycles. The summed E-state index contributed by atoms with van der Waals surface area (Å²) < 4.78 is 0. The molecule has 3 nitrogen and oxygen atoms in total. The number of imide groups is 1. The lowest BCUT2D eigenvalue weighted by Gasteiger charge is -2.14. The highest BCUT2D eigenvalue weighted by Gasteiger charge is 2.46. The Morgan fingerprint density at radius 3 is 2.19 bits per heavy atom. The van der Waals surface area contributed by atoms with E-state index < -0.39 is 0 Å². The first-order chi connectivity index (χ1) is 10.2. The molecule has 0 N–H and O–H groups in total. The van der Waals surface area contributed by atoms with Gasteiger partial charge in [-0.3, -0.25) is 14.5 Å². The largest absolute Gasteiger partial charge is 0.274 e. The lowest BCUT2D eigenvalue weighted by atomic mass is 9.85. The number of hydrogen-bond acceptors (Lipinski definition) is 3. The molecule has 1 saturated heterocycles. The SMILES string of the molecule is O=C1[C@H]2CC=CC[C@@H]2C(=O)N1CSCc1ccc(Cl)cc1. The van der Waals surface area contributed by atoms with Gasteiger partial charge in [0.05, 0.1) is 17.7 Å². The third kappa shape index (κ3) is 3.01. The highest BCUT2D eigenvalue weighted by atomic mass is 35.5. The maximum absolute atomic E-state index is 12.3. The number of carbonyl (C=O) groups excluding carboxylic acids is 2. The quantitative estimate of drug-likeness (QED) is 0.629. The maximum Gasteiger partial charge on any atom is 0.234 e. The molecule has 21 heavy (non-hydrogen) atoms. The molecule has 1 aromatic rings. The highest BCUT2D eigenvalue weighted by Crippen LogP contribution is 2.35. The zero-order valence-corrected chi connectivity index (χ0v) is 13.1. The fourth-order valence-electron chi connectivity index (χ4n) is 2.83. The van der Waals surface area contributed by atoms with E-state index in [-0.39, 0.29) is 23.7 Å². The number of rotatable bonds is 4. The predicted molar refractivity (Wildman–Crippen MR) is 84.8 cm³/mol. The van der Waals surface area contributed by atoms with Gasteiger partial charge in [0.2, 0.25) is 11.8 Å². The fourth-order valence-corrected chi connectivity index (χ4v) is 3.91. The van der Waals surface area contributed by atoms with Gasteiger partial charge >= 0.3 is 0 Å². The molecule has 1 aliphatic heterocycles. The van der Waals surface area contributed by atoms with E-state index in [1.807, 2.05) is 36.4 Å². The predicted octanol–water partition coefficient (Wildman–Crippen LogP) is 3.48. The van der Waals surface area contributed by atoms with Crippen LogP contribution < -0.4 is 0 Å². The first-order valence-electron chi connectivity index (χ1n) is 6.99. The summed E-state index contributed by atoms with van der Waals surface area (Å²) in [5, 5.41) is 0.713. The van der Waals surface area contributed by atoms with Gasteiger partial charge in [0.1, 0.15) is 0 Å².